The van der Waals surface area contributed by atoms with Gasteiger partial charge in [0.05, 0.1) is 19.9 Å². The number of amides is 3. The molecule has 0 spiro atoms. The van der Waals surface area contributed by atoms with Crippen LogP contribution in [0.4, 0.5) is 5.69 Å². The number of hydrogen-bond acceptors (Lipinski definition) is 6. The molecule has 0 aliphatic carbocycles. The minimum absolute atomic E-state index is 0.125. The van der Waals surface area contributed by atoms with Gasteiger partial charge in [-0.25, -0.2) is 0 Å². The summed E-state index contributed by atoms with van der Waals surface area (Å²) in [5, 5.41) is 5.19. The molecular formula is C23H28N4O6. The molecule has 2 N–H and O–H groups in total. The molecule has 33 heavy (non-hydrogen) atoms. The molecule has 0 atom stereocenters. The molecule has 1 aliphatic heterocycles. The molecule has 176 valence electrons. The Hall–Kier alpha value is -3.82. The minimum Gasteiger partial charge on any atom is -0.497 e. The van der Waals surface area contributed by atoms with Crippen molar-refractivity contribution in [3.8, 4) is 11.5 Å². The van der Waals surface area contributed by atoms with Gasteiger partial charge in [-0.05, 0) is 43.0 Å². The Morgan fingerprint density at radius 3 is 2.45 bits per heavy atom. The summed E-state index contributed by atoms with van der Waals surface area (Å²) >= 11 is 0. The van der Waals surface area contributed by atoms with Crippen molar-refractivity contribution in [2.45, 2.75) is 12.8 Å². The van der Waals surface area contributed by atoms with Gasteiger partial charge in [0, 0.05) is 38.9 Å². The summed E-state index contributed by atoms with van der Waals surface area (Å²) in [5.74, 6) is -0.774. The van der Waals surface area contributed by atoms with Crippen LogP contribution < -0.4 is 25.7 Å². The van der Waals surface area contributed by atoms with Gasteiger partial charge in [-0.3, -0.25) is 19.2 Å². The van der Waals surface area contributed by atoms with E-state index in [2.05, 4.69) is 10.6 Å². The number of methoxy groups -OCH3 is 2. The van der Waals surface area contributed by atoms with E-state index in [-0.39, 0.29) is 22.9 Å². The summed E-state index contributed by atoms with van der Waals surface area (Å²) in [6.07, 6.45) is 2.93. The second-order valence-corrected chi connectivity index (χ2v) is 7.80. The number of hydrogen-bond donors (Lipinski definition) is 2. The van der Waals surface area contributed by atoms with Gasteiger partial charge in [-0.15, -0.1) is 0 Å². The smallest absolute Gasteiger partial charge is 0.313 e. The molecule has 1 aromatic heterocycles. The zero-order chi connectivity index (χ0) is 24.0. The number of aromatic nitrogens is 1. The number of carbonyl (C=O) groups is 3. The number of likely N-dealkylation sites (tertiary alicyclic amines) is 1. The highest BCUT2D eigenvalue weighted by molar-refractivity contribution is 6.39. The first-order valence-corrected chi connectivity index (χ1v) is 10.6. The minimum atomic E-state index is -0.800. The van der Waals surface area contributed by atoms with E-state index in [0.29, 0.717) is 49.7 Å². The Morgan fingerprint density at radius 1 is 1.06 bits per heavy atom. The maximum atomic E-state index is 12.7. The standard InChI is InChI=1S/C23H28N4O6/c1-26-10-4-5-17(22(26)30)23(31)27-11-8-15(9-12-27)14-24-20(28)21(29)25-18-7-6-16(32-2)13-19(18)33-3/h4-7,10,13,15H,8-9,11-12,14H2,1-3H3,(H,24,28)(H,25,29). The van der Waals surface area contributed by atoms with Crippen LogP contribution in [0, 0.1) is 5.92 Å². The largest absolute Gasteiger partial charge is 0.497 e. The molecule has 2 aromatic rings. The number of nitrogens with zero attached hydrogens (tertiary/aromatic N) is 2. The predicted octanol–water partition coefficient (Wildman–Crippen LogP) is 1.01. The third-order valence-corrected chi connectivity index (χ3v) is 5.67. The molecule has 1 fully saturated rings. The summed E-state index contributed by atoms with van der Waals surface area (Å²) < 4.78 is 11.7. The SMILES string of the molecule is COc1ccc(NC(=O)C(=O)NCC2CCN(C(=O)c3cccn(C)c3=O)CC2)c(OC)c1. The fourth-order valence-electron chi connectivity index (χ4n) is 3.67. The second-order valence-electron chi connectivity index (χ2n) is 7.80. The van der Waals surface area contributed by atoms with Gasteiger partial charge in [0.25, 0.3) is 11.5 Å². The molecule has 0 saturated carbocycles. The van der Waals surface area contributed by atoms with Crippen LogP contribution in [-0.2, 0) is 16.6 Å². The number of aryl methyl sites for hydroxylation is 1. The van der Waals surface area contributed by atoms with Crippen molar-refractivity contribution >= 4 is 23.4 Å². The highest BCUT2D eigenvalue weighted by Crippen LogP contribution is 2.28. The lowest BCUT2D eigenvalue weighted by atomic mass is 9.96. The zero-order valence-corrected chi connectivity index (χ0v) is 18.9. The highest BCUT2D eigenvalue weighted by atomic mass is 16.5. The van der Waals surface area contributed by atoms with Crippen LogP contribution in [0.25, 0.3) is 0 Å². The Labute approximate surface area is 191 Å². The average molecular weight is 456 g/mol. The van der Waals surface area contributed by atoms with E-state index in [1.165, 1.54) is 24.9 Å². The normalized spacial score (nSPS) is 13.8. The van der Waals surface area contributed by atoms with E-state index in [9.17, 15) is 19.2 Å². The lowest BCUT2D eigenvalue weighted by molar-refractivity contribution is -0.136. The molecule has 1 aromatic carbocycles. The van der Waals surface area contributed by atoms with Crippen molar-refractivity contribution in [2.75, 3.05) is 39.2 Å². The number of carbonyl (C=O) groups excluding carboxylic acids is 3. The summed E-state index contributed by atoms with van der Waals surface area (Å²) in [6.45, 7) is 1.28. The third-order valence-electron chi connectivity index (χ3n) is 5.67. The lowest BCUT2D eigenvalue weighted by Crippen LogP contribution is -2.44. The monoisotopic (exact) mass is 456 g/mol. The number of benzene rings is 1. The van der Waals surface area contributed by atoms with Crippen LogP contribution in [0.3, 0.4) is 0 Å². The highest BCUT2D eigenvalue weighted by Gasteiger charge is 2.26. The second kappa shape index (κ2) is 10.7. The molecule has 0 bridgehead atoms. The third kappa shape index (κ3) is 5.71. The first-order chi connectivity index (χ1) is 15.8. The maximum absolute atomic E-state index is 12.7. The molecule has 3 amide bonds. The number of nitrogens with one attached hydrogen (secondary N) is 2. The number of anilines is 1. The van der Waals surface area contributed by atoms with Crippen molar-refractivity contribution in [2.24, 2.45) is 13.0 Å². The van der Waals surface area contributed by atoms with Crippen molar-refractivity contribution in [1.29, 1.82) is 0 Å². The maximum Gasteiger partial charge on any atom is 0.313 e. The molecule has 0 unspecified atom stereocenters. The van der Waals surface area contributed by atoms with Crippen LogP contribution >= 0.6 is 0 Å². The summed E-state index contributed by atoms with van der Waals surface area (Å²) in [7, 11) is 4.58. The molecule has 1 saturated heterocycles. The Morgan fingerprint density at radius 2 is 1.79 bits per heavy atom. The van der Waals surface area contributed by atoms with Gasteiger partial charge in [-0.2, -0.15) is 0 Å². The Bertz CT molecular complexity index is 1090. The number of piperidine rings is 1. The summed E-state index contributed by atoms with van der Waals surface area (Å²) in [4.78, 5) is 51.0. The van der Waals surface area contributed by atoms with E-state index in [1.807, 2.05) is 0 Å². The number of rotatable bonds is 6. The van der Waals surface area contributed by atoms with Gasteiger partial charge < -0.3 is 29.6 Å². The van der Waals surface area contributed by atoms with Crippen molar-refractivity contribution in [3.63, 3.8) is 0 Å². The average Bonchev–Trinajstić information content (AvgIpc) is 2.84. The molecule has 10 heteroatoms. The van der Waals surface area contributed by atoms with Crippen molar-refractivity contribution in [1.82, 2.24) is 14.8 Å². The van der Waals surface area contributed by atoms with E-state index < -0.39 is 11.8 Å². The van der Waals surface area contributed by atoms with Crippen LogP contribution in [0.5, 0.6) is 11.5 Å². The van der Waals surface area contributed by atoms with Crippen LogP contribution in [0.2, 0.25) is 0 Å². The van der Waals surface area contributed by atoms with E-state index in [1.54, 1.807) is 42.4 Å². The zero-order valence-electron chi connectivity index (χ0n) is 18.9. The molecule has 3 rings (SSSR count). The van der Waals surface area contributed by atoms with Crippen LogP contribution in [0.15, 0.2) is 41.3 Å². The lowest BCUT2D eigenvalue weighted by Gasteiger charge is -2.32. The first kappa shape index (κ1) is 23.8. The van der Waals surface area contributed by atoms with Crippen LogP contribution in [0.1, 0.15) is 23.2 Å². The fraction of sp³-hybridized carbons (Fsp3) is 0.391. The van der Waals surface area contributed by atoms with Gasteiger partial charge in [0.15, 0.2) is 0 Å². The van der Waals surface area contributed by atoms with Crippen molar-refractivity contribution < 1.29 is 23.9 Å². The molecular weight excluding hydrogens is 428 g/mol. The fourth-order valence-corrected chi connectivity index (χ4v) is 3.67. The van der Waals surface area contributed by atoms with E-state index in [4.69, 9.17) is 9.47 Å². The summed E-state index contributed by atoms with van der Waals surface area (Å²) in [5.41, 5.74) is 0.186. The Balaban J connectivity index is 1.48. The predicted molar refractivity (Wildman–Crippen MR) is 121 cm³/mol. The van der Waals surface area contributed by atoms with Gasteiger partial charge >= 0.3 is 11.8 Å². The van der Waals surface area contributed by atoms with Crippen LogP contribution in [-0.4, -0.2) is 61.0 Å². The first-order valence-electron chi connectivity index (χ1n) is 10.6. The molecule has 2 heterocycles. The molecule has 0 radical (unpaired) electrons. The van der Waals surface area contributed by atoms with Gasteiger partial charge in [-0.1, -0.05) is 0 Å². The van der Waals surface area contributed by atoms with E-state index in [0.717, 1.165) is 0 Å². The van der Waals surface area contributed by atoms with E-state index >= 15 is 0 Å². The van der Waals surface area contributed by atoms with Gasteiger partial charge in [0.1, 0.15) is 17.1 Å². The van der Waals surface area contributed by atoms with Crippen molar-refractivity contribution in [3.05, 3.63) is 52.4 Å². The quantitative estimate of drug-likeness (QED) is 0.627. The molecule has 1 aliphatic rings. The number of pyridine rings is 1. The molecule has 10 nitrogen and oxygen atoms in total. The number of ether oxygens (including phenoxy) is 2. The van der Waals surface area contributed by atoms with Gasteiger partial charge in [0.2, 0.25) is 0 Å². The summed E-state index contributed by atoms with van der Waals surface area (Å²) in [6, 6.07) is 8.05. The topological polar surface area (TPSA) is 119 Å². The Kier molecular flexibility index (Phi) is 7.70.